The lowest BCUT2D eigenvalue weighted by Gasteiger charge is -2.40. The minimum Gasteiger partial charge on any atom is -0.481 e. The lowest BCUT2D eigenvalue weighted by atomic mass is 9.97. The van der Waals surface area contributed by atoms with Gasteiger partial charge in [0.05, 0.1) is 45.0 Å². The molecule has 2 aliphatic rings. The number of likely N-dealkylation sites (tertiary alicyclic amines) is 1. The Bertz CT molecular complexity index is 3430. The summed E-state index contributed by atoms with van der Waals surface area (Å²) in [5.41, 5.74) is 23.1. The van der Waals surface area contributed by atoms with Crippen LogP contribution in [-0.4, -0.2) is 302 Å². The second-order valence-electron chi connectivity index (χ2n) is 28.1. The number of primary amides is 1. The van der Waals surface area contributed by atoms with E-state index >= 15 is 0 Å². The molecule has 2 heterocycles. The molecular formula is C71H115N17O27. The molecule has 0 saturated carbocycles. The zero-order valence-electron chi connectivity index (χ0n) is 64.8. The van der Waals surface area contributed by atoms with Crippen LogP contribution in [0, 0.1) is 5.92 Å². The van der Waals surface area contributed by atoms with Gasteiger partial charge in [-0.2, -0.15) is 0 Å². The summed E-state index contributed by atoms with van der Waals surface area (Å²) in [6.07, 6.45) is -14.3. The molecule has 0 radical (unpaired) electrons. The molecule has 14 amide bonds. The summed E-state index contributed by atoms with van der Waals surface area (Å²) in [4.78, 5) is 225. The highest BCUT2D eigenvalue weighted by molar-refractivity contribution is 5.98. The van der Waals surface area contributed by atoms with Gasteiger partial charge in [0.25, 0.3) is 0 Å². The van der Waals surface area contributed by atoms with Crippen LogP contribution in [0.2, 0.25) is 0 Å². The van der Waals surface area contributed by atoms with Gasteiger partial charge in [0.1, 0.15) is 72.8 Å². The Labute approximate surface area is 662 Å². The number of carbonyl (C=O) groups is 17. The standard InChI is InChI=1S/C71H115N17O27/c1-5-36(2)57(86-51(93)31-74)69(111)79-37(3)13-11-18-50(92)82-46(29-39-14-7-6-8-15-39)67(109)84-42(20-19-40(30-73)114-71-61(103)60(102)59(101)48(35-89)115-71)63(105)77-33-52(94)80-44(22-25-55(97)98)65(107)83-43(21-24-49(75)91)64(106)78-34-54(96)88-28-12-17-47(88)68(110)85-41(16-9-10-27-72)62(104)76-32-53(95)81-45(23-26-56(99)100)66(108)87-58(38(4)90)70(112)113/h6-8,14-15,36-38,40-48,57-61,71,89-90,101-103H,5,9-13,16-35,72-74H2,1-4H3,(H2,75,91)(H,76,104)(H,77,105)(H,78,106)(H,79,111)(H,80,94)(H,81,95)(H,82,92)(H,83,107)(H,84,109)(H,85,110)(H,86,93)(H,87,108)(H,97,98)(H,99,100)(H,112,113)/t36-,37-,38+,40+,41-,42?,43-,44-,45-,46-,47-,48+,57-,58-,59-,60-,61+,71+/m0/s1. The van der Waals surface area contributed by atoms with E-state index in [9.17, 15) is 122 Å². The topological polar surface area (TPSA) is 722 Å². The molecule has 2 aliphatic heterocycles. The largest absolute Gasteiger partial charge is 0.481 e. The molecule has 18 atom stereocenters. The minimum atomic E-state index is -1.89. The smallest absolute Gasteiger partial charge is 0.328 e. The van der Waals surface area contributed by atoms with E-state index in [1.165, 1.54) is 0 Å². The van der Waals surface area contributed by atoms with Crippen LogP contribution in [0.15, 0.2) is 30.3 Å². The van der Waals surface area contributed by atoms with Crippen molar-refractivity contribution in [1.82, 2.24) is 68.7 Å². The fraction of sp³-hybridized carbons (Fsp3) is 0.676. The summed E-state index contributed by atoms with van der Waals surface area (Å²) < 4.78 is 11.3. The number of carboxylic acid groups (broad SMARTS) is 3. The number of aliphatic carboxylic acids is 3. The zero-order valence-corrected chi connectivity index (χ0v) is 64.8. The second-order valence-corrected chi connectivity index (χ2v) is 28.1. The Morgan fingerprint density at radius 3 is 1.59 bits per heavy atom. The first-order valence-corrected chi connectivity index (χ1v) is 37.9. The summed E-state index contributed by atoms with van der Waals surface area (Å²) in [7, 11) is 0. The third-order valence-electron chi connectivity index (χ3n) is 18.9. The van der Waals surface area contributed by atoms with Gasteiger partial charge >= 0.3 is 17.9 Å². The number of nitrogens with zero attached hydrogens (tertiary/aromatic N) is 1. The number of unbranched alkanes of at least 4 members (excludes halogenated alkanes) is 1. The van der Waals surface area contributed by atoms with E-state index in [0.29, 0.717) is 18.4 Å². The summed E-state index contributed by atoms with van der Waals surface area (Å²) in [6, 6.07) is -5.78. The third-order valence-corrected chi connectivity index (χ3v) is 18.9. The minimum absolute atomic E-state index is 0.0399. The number of aliphatic hydroxyl groups excluding tert-OH is 5. The van der Waals surface area contributed by atoms with Gasteiger partial charge in [0.2, 0.25) is 82.7 Å². The van der Waals surface area contributed by atoms with E-state index in [-0.39, 0.29) is 89.9 Å². The van der Waals surface area contributed by atoms with Gasteiger partial charge in [-0.15, -0.1) is 0 Å². The Morgan fingerprint density at radius 2 is 1.07 bits per heavy atom. The normalized spacial score (nSPS) is 19.6. The highest BCUT2D eigenvalue weighted by Crippen LogP contribution is 2.25. The van der Waals surface area contributed by atoms with Gasteiger partial charge in [0.15, 0.2) is 12.3 Å². The molecular weight excluding hydrogens is 1520 g/mol. The zero-order chi connectivity index (χ0) is 86.2. The number of carboxylic acids is 3. The van der Waals surface area contributed by atoms with E-state index in [1.807, 2.05) is 12.2 Å². The van der Waals surface area contributed by atoms with Gasteiger partial charge in [-0.3, -0.25) is 76.7 Å². The van der Waals surface area contributed by atoms with Gasteiger partial charge in [-0.25, -0.2) is 4.79 Å². The first kappa shape index (κ1) is 99.0. The molecule has 115 heavy (non-hydrogen) atoms. The maximum Gasteiger partial charge on any atom is 0.328 e. The molecule has 646 valence electrons. The summed E-state index contributed by atoms with van der Waals surface area (Å²) in [5.74, 6) is -17.7. The van der Waals surface area contributed by atoms with E-state index in [1.54, 1.807) is 44.2 Å². The van der Waals surface area contributed by atoms with Crippen molar-refractivity contribution in [3.05, 3.63) is 35.9 Å². The van der Waals surface area contributed by atoms with Crippen molar-refractivity contribution in [1.29, 1.82) is 0 Å². The number of ether oxygens (including phenoxy) is 2. The molecule has 44 nitrogen and oxygen atoms in total. The van der Waals surface area contributed by atoms with Crippen LogP contribution < -0.4 is 86.7 Å². The Hall–Kier alpha value is -10.2. The SMILES string of the molecule is CC[C@H](C)[C@H](NC(=O)CN)C(=O)N[C@@H](C)CCCC(=O)N[C@@H](Cc1ccccc1)C(=O)NC(CC[C@H](CN)O[C@@H]1O[C@H](CO)[C@H](O)[C@H](O)[C@H]1O)C(=O)NCC(=O)N[C@@H](CCC(=O)O)C(=O)N[C@@H](CCC(N)=O)C(=O)NCC(=O)N1CCC[C@H]1C(=O)N[C@@H](CCCCN)C(=O)NCC(=O)N[C@@H](CCC(=O)O)C(=O)N[C@H](C(=O)O)[C@@H](C)O. The molecule has 44 heteroatoms. The van der Waals surface area contributed by atoms with E-state index in [4.69, 9.17) is 32.4 Å². The predicted molar refractivity (Wildman–Crippen MR) is 401 cm³/mol. The van der Waals surface area contributed by atoms with Crippen LogP contribution in [0.3, 0.4) is 0 Å². The Balaban J connectivity index is 1.84. The number of aliphatic hydroxyl groups is 5. The molecule has 3 rings (SSSR count). The molecule has 1 unspecified atom stereocenters. The number of hydrogen-bond donors (Lipinski definition) is 24. The molecule has 0 bridgehead atoms. The number of rotatable bonds is 54. The van der Waals surface area contributed by atoms with Gasteiger partial charge < -0.3 is 142 Å². The molecule has 1 aromatic rings. The molecule has 0 spiro atoms. The van der Waals surface area contributed by atoms with Crippen LogP contribution in [0.1, 0.15) is 142 Å². The maximum atomic E-state index is 14.6. The van der Waals surface area contributed by atoms with Crippen molar-refractivity contribution < 1.29 is 132 Å². The monoisotopic (exact) mass is 1640 g/mol. The first-order chi connectivity index (χ1) is 54.4. The van der Waals surface area contributed by atoms with Crippen molar-refractivity contribution in [2.45, 2.75) is 247 Å². The molecule has 1 aromatic carbocycles. The van der Waals surface area contributed by atoms with Crippen molar-refractivity contribution in [2.24, 2.45) is 28.9 Å². The fourth-order valence-corrected chi connectivity index (χ4v) is 12.1. The molecule has 2 saturated heterocycles. The Morgan fingerprint density at radius 1 is 0.539 bits per heavy atom. The number of nitrogens with one attached hydrogen (secondary N) is 12. The Kier molecular flexibility index (Phi) is 44.4. The van der Waals surface area contributed by atoms with Gasteiger partial charge in [-0.05, 0) is 109 Å². The number of benzene rings is 1. The maximum absolute atomic E-state index is 14.6. The third kappa shape index (κ3) is 35.6. The average Bonchev–Trinajstić information content (AvgIpc) is 1.61. The number of carbonyl (C=O) groups excluding carboxylic acids is 14. The van der Waals surface area contributed by atoms with E-state index in [0.717, 1.165) is 11.8 Å². The number of nitrogens with two attached hydrogens (primary N) is 4. The molecule has 0 aromatic heterocycles. The molecule has 28 N–H and O–H groups in total. The summed E-state index contributed by atoms with van der Waals surface area (Å²) >= 11 is 0. The number of hydrogen-bond acceptors (Lipinski definition) is 27. The second kappa shape index (κ2) is 51.6. The summed E-state index contributed by atoms with van der Waals surface area (Å²) in [5, 5.41) is 109. The van der Waals surface area contributed by atoms with Crippen LogP contribution in [0.4, 0.5) is 0 Å². The quantitative estimate of drug-likeness (QED) is 0.0269. The summed E-state index contributed by atoms with van der Waals surface area (Å²) in [6.45, 7) is 2.27. The van der Waals surface area contributed by atoms with Crippen molar-refractivity contribution in [3.8, 4) is 0 Å². The van der Waals surface area contributed by atoms with Crippen molar-refractivity contribution in [3.63, 3.8) is 0 Å². The fourth-order valence-electron chi connectivity index (χ4n) is 12.1. The van der Waals surface area contributed by atoms with Gasteiger partial charge in [0, 0.05) is 51.2 Å². The number of amides is 14. The molecule has 2 fully saturated rings. The van der Waals surface area contributed by atoms with Crippen LogP contribution >= 0.6 is 0 Å². The lowest BCUT2D eigenvalue weighted by molar-refractivity contribution is -0.310. The van der Waals surface area contributed by atoms with Crippen LogP contribution in [0.5, 0.6) is 0 Å². The van der Waals surface area contributed by atoms with E-state index in [2.05, 4.69) is 58.5 Å². The predicted octanol–water partition coefficient (Wildman–Crippen LogP) is -9.36. The van der Waals surface area contributed by atoms with Crippen LogP contribution in [-0.2, 0) is 97.4 Å². The van der Waals surface area contributed by atoms with Crippen molar-refractivity contribution >= 4 is 101 Å². The average molecular weight is 1640 g/mol. The van der Waals surface area contributed by atoms with Gasteiger partial charge in [-0.1, -0.05) is 50.6 Å². The first-order valence-electron chi connectivity index (χ1n) is 37.9. The van der Waals surface area contributed by atoms with Crippen molar-refractivity contribution in [2.75, 3.05) is 52.4 Å². The highest BCUT2D eigenvalue weighted by Gasteiger charge is 2.45. The van der Waals surface area contributed by atoms with Crippen LogP contribution in [0.25, 0.3) is 0 Å². The lowest BCUT2D eigenvalue weighted by Crippen LogP contribution is -2.60. The highest BCUT2D eigenvalue weighted by atomic mass is 16.7. The molecule has 0 aliphatic carbocycles. The van der Waals surface area contributed by atoms with E-state index < -0.39 is 275 Å².